The predicted octanol–water partition coefficient (Wildman–Crippen LogP) is 2.27. The Morgan fingerprint density at radius 2 is 0.315 bits per heavy atom. The number of carbonyl (C=O) groups is 4. The van der Waals surface area contributed by atoms with Crippen LogP contribution in [0, 0.1) is 0 Å². The van der Waals surface area contributed by atoms with E-state index >= 15 is 0 Å². The second-order valence-electron chi connectivity index (χ2n) is 7.74. The summed E-state index contributed by atoms with van der Waals surface area (Å²) < 4.78 is 321. The minimum Gasteiger partial charge on any atom is -0.544 e. The molecule has 0 aliphatic rings. The molecule has 0 N–H and O–H groups in total. The van der Waals surface area contributed by atoms with Crippen molar-refractivity contribution in [3.63, 3.8) is 0 Å². The molecular weight excluding hydrogens is 1060 g/mol. The maximum atomic E-state index is 11.7. The Kier molecular flexibility index (Phi) is 21.5. The number of carboxylic acids is 4. The first-order valence-corrected chi connectivity index (χ1v) is 9.92. The van der Waals surface area contributed by atoms with Crippen LogP contribution < -0.4 is 20.4 Å². The van der Waals surface area contributed by atoms with Crippen molar-refractivity contribution in [1.82, 2.24) is 0 Å². The van der Waals surface area contributed by atoms with E-state index in [1.54, 1.807) is 0 Å². The molecule has 8 nitrogen and oxygen atoms in total. The van der Waals surface area contributed by atoms with Crippen molar-refractivity contribution in [3.05, 3.63) is 0 Å². The van der Waals surface area contributed by atoms with Crippen LogP contribution in [0.2, 0.25) is 0 Å². The van der Waals surface area contributed by atoms with Gasteiger partial charge in [0.25, 0.3) is 0 Å². The zero-order chi connectivity index (χ0) is 44.3. The summed E-state index contributed by atoms with van der Waals surface area (Å²) in [5, 5.41) is 37.1. The molecule has 0 amide bonds. The van der Waals surface area contributed by atoms with Crippen molar-refractivity contribution < 1.29 is 201 Å². The predicted molar refractivity (Wildman–Crippen MR) is 83.8 cm³/mol. The van der Waals surface area contributed by atoms with E-state index in [9.17, 15) is 163 Å². The summed E-state index contributed by atoms with van der Waals surface area (Å²) in [6.07, 6.45) is -26.6. The maximum Gasteiger partial charge on any atom is 2.00 e. The van der Waals surface area contributed by atoms with Crippen LogP contribution >= 0.6 is 0 Å². The Morgan fingerprint density at radius 3 is 0.333 bits per heavy atom. The van der Waals surface area contributed by atoms with Gasteiger partial charge in [-0.3, -0.25) is 0 Å². The van der Waals surface area contributed by atoms with Crippen molar-refractivity contribution in [3.8, 4) is 0 Å². The molecule has 0 aliphatic carbocycles. The van der Waals surface area contributed by atoms with E-state index in [1.807, 2.05) is 0 Å². The molecule has 0 aromatic carbocycles. The van der Waals surface area contributed by atoms with Gasteiger partial charge in [-0.2, -0.15) is 123 Å². The minimum absolute atomic E-state index is 0. The van der Waals surface area contributed by atoms with Gasteiger partial charge in [0, 0.05) is 0 Å². The van der Waals surface area contributed by atoms with Gasteiger partial charge >= 0.3 is 111 Å². The van der Waals surface area contributed by atoms with Gasteiger partial charge in [0.2, 0.25) is 0 Å². The molecule has 0 aromatic rings. The summed E-state index contributed by atoms with van der Waals surface area (Å²) in [7, 11) is 0. The Bertz CT molecular complexity index is 1070. The number of alkyl halides is 28. The molecule has 0 atom stereocenters. The van der Waals surface area contributed by atoms with Gasteiger partial charge in [-0.15, -0.1) is 0 Å². The van der Waals surface area contributed by atoms with E-state index in [1.165, 1.54) is 0 Å². The van der Waals surface area contributed by atoms with Crippen LogP contribution in [0.5, 0.6) is 0 Å². The minimum atomic E-state index is -6.64. The van der Waals surface area contributed by atoms with Crippen LogP contribution in [-0.4, -0.2) is 96.0 Å². The Hall–Kier alpha value is -2.83. The molecule has 0 heterocycles. The molecule has 2 radical (unpaired) electrons. The zero-order valence-electron chi connectivity index (χ0n) is 22.5. The van der Waals surface area contributed by atoms with E-state index in [4.69, 9.17) is 0 Å². The molecule has 0 aliphatic heterocycles. The molecule has 54 heavy (non-hydrogen) atoms. The van der Waals surface area contributed by atoms with Gasteiger partial charge in [-0.1, -0.05) is 0 Å². The first-order valence-electron chi connectivity index (χ1n) is 9.92. The van der Waals surface area contributed by atoms with Gasteiger partial charge in [0.05, 0.1) is 0 Å². The molecule has 326 valence electrons. The van der Waals surface area contributed by atoms with E-state index in [0.717, 1.165) is 0 Å². The molecule has 0 bridgehead atoms. The number of aliphatic carboxylic acids is 4. The topological polar surface area (TPSA) is 161 Å². The quantitative estimate of drug-likeness (QED) is 0.265. The van der Waals surface area contributed by atoms with Gasteiger partial charge in [-0.25, -0.2) is 0 Å². The Balaban J connectivity index is -0.000000140. The fraction of sp³-hybridized carbons (Fsp3) is 0.750. The summed E-state index contributed by atoms with van der Waals surface area (Å²) in [6.45, 7) is 0. The van der Waals surface area contributed by atoms with Crippen LogP contribution in [-0.2, 0) is 58.1 Å². The molecule has 38 heteroatoms. The van der Waals surface area contributed by atoms with E-state index in [-0.39, 0.29) is 39.0 Å². The molecule has 0 saturated carbocycles. The molecule has 0 fully saturated rings. The van der Waals surface area contributed by atoms with Crippen LogP contribution in [0.4, 0.5) is 123 Å². The first-order chi connectivity index (χ1) is 21.8. The normalized spacial score (nSPS) is 13.9. The number of hydrogen-bond acceptors (Lipinski definition) is 8. The van der Waals surface area contributed by atoms with Gasteiger partial charge in [0.1, 0.15) is 23.9 Å². The molecule has 0 unspecified atom stereocenters. The molecule has 0 aromatic heterocycles. The summed E-state index contributed by atoms with van der Waals surface area (Å²) in [5.41, 5.74) is 0. The standard InChI is InChI=1S/4C4HF7O2.2Rh/c4*5-2(6,1(12)13)3(7,8)4(9,10)11;;/h4*(H,12,13);;/q;;;;2*+2/p-4. The van der Waals surface area contributed by atoms with Crippen LogP contribution in [0.25, 0.3) is 0 Å². The molecule has 0 saturated heterocycles. The monoisotopic (exact) mass is 1060 g/mol. The number of hydrogen-bond donors (Lipinski definition) is 0. The second-order valence-corrected chi connectivity index (χ2v) is 7.74. The van der Waals surface area contributed by atoms with Gasteiger partial charge in [-0.05, 0) is 0 Å². The number of carboxylic acid groups (broad SMARTS) is 4. The summed E-state index contributed by atoms with van der Waals surface area (Å²) in [4.78, 5) is 37.1. The van der Waals surface area contributed by atoms with E-state index in [2.05, 4.69) is 0 Å². The first kappa shape index (κ1) is 63.1. The Labute approximate surface area is 297 Å². The summed E-state index contributed by atoms with van der Waals surface area (Å²) >= 11 is 0. The molecule has 0 spiro atoms. The summed E-state index contributed by atoms with van der Waals surface area (Å²) in [6, 6.07) is 0. The van der Waals surface area contributed by atoms with E-state index in [0.29, 0.717) is 0 Å². The van der Waals surface area contributed by atoms with Crippen molar-refractivity contribution >= 4 is 23.9 Å². The third-order valence-corrected chi connectivity index (χ3v) is 4.03. The largest absolute Gasteiger partial charge is 2.00 e. The van der Waals surface area contributed by atoms with Crippen molar-refractivity contribution in [1.29, 1.82) is 0 Å². The third-order valence-electron chi connectivity index (χ3n) is 4.03. The van der Waals surface area contributed by atoms with Crippen LogP contribution in [0.15, 0.2) is 0 Å². The zero-order valence-corrected chi connectivity index (χ0v) is 25.8. The fourth-order valence-corrected chi connectivity index (χ4v) is 1.22. The van der Waals surface area contributed by atoms with Crippen molar-refractivity contribution in [2.24, 2.45) is 0 Å². The second kappa shape index (κ2) is 18.4. The third kappa shape index (κ3) is 13.1. The SMILES string of the molecule is O=C([O-])C(F)(F)C(F)(F)C(F)(F)F.O=C([O-])C(F)(F)C(F)(F)C(F)(F)F.O=C([O-])C(F)(F)C(F)(F)C(F)(F)F.O=C([O-])C(F)(F)C(F)(F)C(F)(F)F.[Rh+2].[Rh+2]. The number of rotatable bonds is 8. The number of halogens is 28. The van der Waals surface area contributed by atoms with Crippen molar-refractivity contribution in [2.75, 3.05) is 0 Å². The van der Waals surface area contributed by atoms with Gasteiger partial charge < -0.3 is 39.6 Å². The van der Waals surface area contributed by atoms with Crippen LogP contribution in [0.1, 0.15) is 0 Å². The van der Waals surface area contributed by atoms with E-state index < -0.39 is 96.0 Å². The fourth-order valence-electron chi connectivity index (χ4n) is 1.22. The maximum absolute atomic E-state index is 11.7. The van der Waals surface area contributed by atoms with Gasteiger partial charge in [0.15, 0.2) is 0 Å². The summed E-state index contributed by atoms with van der Waals surface area (Å²) in [5.74, 6) is -66.8. The number of carbonyl (C=O) groups excluding carboxylic acids is 4. The molecule has 0 rings (SSSR count). The average molecular weight is 1060 g/mol. The Morgan fingerprint density at radius 1 is 0.241 bits per heavy atom. The van der Waals surface area contributed by atoms with Crippen molar-refractivity contribution in [2.45, 2.75) is 72.1 Å². The average Bonchev–Trinajstić information content (AvgIpc) is 2.86. The van der Waals surface area contributed by atoms with Crippen LogP contribution in [0.3, 0.4) is 0 Å². The smallest absolute Gasteiger partial charge is 0.544 e. The molecular formula is C16F28O8Rh2.